The summed E-state index contributed by atoms with van der Waals surface area (Å²) in [6.07, 6.45) is 13.9. The Morgan fingerprint density at radius 3 is 2.65 bits per heavy atom. The maximum atomic E-state index is 11.7. The van der Waals surface area contributed by atoms with Crippen LogP contribution in [0.25, 0.3) is 0 Å². The van der Waals surface area contributed by atoms with E-state index in [-0.39, 0.29) is 11.7 Å². The highest BCUT2D eigenvalue weighted by Gasteiger charge is 2.66. The van der Waals surface area contributed by atoms with E-state index < -0.39 is 0 Å². The Morgan fingerprint density at radius 2 is 1.85 bits per heavy atom. The van der Waals surface area contributed by atoms with Gasteiger partial charge in [0.1, 0.15) is 0 Å². The van der Waals surface area contributed by atoms with Gasteiger partial charge in [-0.2, -0.15) is 0 Å². The standard InChI is InChI=1S/C24H38O2/c1-15-5-4-10-24(26)14-20-18-7-6-16-13-17(25)8-11-22(16,2)19(18)9-12-23(20,3)21(15)24/h6,15,17-21,25-26H,4-5,7-14H2,1-3H3/t15-,17+,18?,19?,20?,21-,22+,23+,24?/m1/s1. The summed E-state index contributed by atoms with van der Waals surface area (Å²) >= 11 is 0. The number of allylic oxidation sites excluding steroid dienone is 1. The van der Waals surface area contributed by atoms with Gasteiger partial charge in [-0.25, -0.2) is 0 Å². The van der Waals surface area contributed by atoms with Gasteiger partial charge in [0.25, 0.3) is 0 Å². The molecule has 0 bridgehead atoms. The summed E-state index contributed by atoms with van der Waals surface area (Å²) in [4.78, 5) is 0. The third-order valence-corrected chi connectivity index (χ3v) is 10.2. The smallest absolute Gasteiger partial charge is 0.0686 e. The molecular formula is C24H38O2. The van der Waals surface area contributed by atoms with Gasteiger partial charge in [0, 0.05) is 0 Å². The van der Waals surface area contributed by atoms with Crippen molar-refractivity contribution in [3.63, 3.8) is 0 Å². The second kappa shape index (κ2) is 5.60. The van der Waals surface area contributed by atoms with Crippen LogP contribution in [0.4, 0.5) is 0 Å². The summed E-state index contributed by atoms with van der Waals surface area (Å²) in [5.74, 6) is 3.40. The SMILES string of the molecule is C[C@@H]1CCCC2(O)CC3C4CC=C5C[C@@H](O)CC[C@]5(C)C4CC[C@]3(C)[C@@H]12. The topological polar surface area (TPSA) is 40.5 Å². The molecule has 0 aromatic carbocycles. The van der Waals surface area contributed by atoms with Crippen molar-refractivity contribution >= 4 is 0 Å². The Hall–Kier alpha value is -0.340. The minimum Gasteiger partial charge on any atom is -0.393 e. The number of rotatable bonds is 0. The largest absolute Gasteiger partial charge is 0.393 e. The molecule has 4 saturated carbocycles. The molecule has 26 heavy (non-hydrogen) atoms. The Bertz CT molecular complexity index is 626. The van der Waals surface area contributed by atoms with Crippen LogP contribution in [0.15, 0.2) is 11.6 Å². The number of aliphatic hydroxyl groups is 2. The molecule has 4 unspecified atom stereocenters. The van der Waals surface area contributed by atoms with Crippen molar-refractivity contribution in [2.45, 2.75) is 96.7 Å². The number of hydrogen-bond acceptors (Lipinski definition) is 2. The zero-order chi connectivity index (χ0) is 18.3. The first kappa shape index (κ1) is 17.7. The van der Waals surface area contributed by atoms with Crippen molar-refractivity contribution in [2.75, 3.05) is 0 Å². The number of aliphatic hydroxyl groups excluding tert-OH is 1. The molecule has 0 aromatic heterocycles. The van der Waals surface area contributed by atoms with Gasteiger partial charge in [-0.15, -0.1) is 0 Å². The summed E-state index contributed by atoms with van der Waals surface area (Å²) in [6, 6.07) is 0. The second-order valence-electron chi connectivity index (χ2n) is 11.4. The summed E-state index contributed by atoms with van der Waals surface area (Å²) in [5.41, 5.74) is 1.82. The lowest BCUT2D eigenvalue weighted by Crippen LogP contribution is -2.52. The lowest BCUT2D eigenvalue weighted by Gasteiger charge is -2.58. The maximum Gasteiger partial charge on any atom is 0.0686 e. The molecule has 5 aliphatic rings. The van der Waals surface area contributed by atoms with E-state index in [2.05, 4.69) is 26.8 Å². The fraction of sp³-hybridized carbons (Fsp3) is 0.917. The Kier molecular flexibility index (Phi) is 3.82. The minimum absolute atomic E-state index is 0.115. The normalized spacial score (nSPS) is 58.9. The second-order valence-corrected chi connectivity index (χ2v) is 11.4. The van der Waals surface area contributed by atoms with Gasteiger partial charge in [0.2, 0.25) is 0 Å². The van der Waals surface area contributed by atoms with E-state index in [1.54, 1.807) is 5.57 Å². The Balaban J connectivity index is 1.51. The molecule has 0 saturated heterocycles. The van der Waals surface area contributed by atoms with Gasteiger partial charge in [-0.1, -0.05) is 45.3 Å². The average molecular weight is 359 g/mol. The van der Waals surface area contributed by atoms with Crippen molar-refractivity contribution in [3.05, 3.63) is 11.6 Å². The third kappa shape index (κ3) is 2.18. The lowest BCUT2D eigenvalue weighted by molar-refractivity contribution is -0.0965. The van der Waals surface area contributed by atoms with Gasteiger partial charge in [-0.3, -0.25) is 0 Å². The molecule has 4 fully saturated rings. The predicted molar refractivity (Wildman–Crippen MR) is 105 cm³/mol. The van der Waals surface area contributed by atoms with Crippen molar-refractivity contribution in [2.24, 2.45) is 40.4 Å². The zero-order valence-corrected chi connectivity index (χ0v) is 17.0. The van der Waals surface area contributed by atoms with E-state index in [4.69, 9.17) is 0 Å². The van der Waals surface area contributed by atoms with Crippen LogP contribution in [-0.4, -0.2) is 21.9 Å². The van der Waals surface area contributed by atoms with E-state index in [0.29, 0.717) is 28.6 Å². The van der Waals surface area contributed by atoms with Gasteiger partial charge in [-0.05, 0) is 91.8 Å². The fourth-order valence-electron chi connectivity index (χ4n) is 9.22. The third-order valence-electron chi connectivity index (χ3n) is 10.2. The molecule has 0 aliphatic heterocycles. The molecule has 2 nitrogen and oxygen atoms in total. The molecule has 9 atom stereocenters. The molecule has 5 rings (SSSR count). The molecule has 0 radical (unpaired) electrons. The summed E-state index contributed by atoms with van der Waals surface area (Å²) < 4.78 is 0. The Morgan fingerprint density at radius 1 is 1.04 bits per heavy atom. The van der Waals surface area contributed by atoms with Gasteiger partial charge in [0.05, 0.1) is 11.7 Å². The molecule has 0 aromatic rings. The van der Waals surface area contributed by atoms with E-state index in [1.165, 1.54) is 32.1 Å². The first-order valence-electron chi connectivity index (χ1n) is 11.4. The van der Waals surface area contributed by atoms with Gasteiger partial charge >= 0.3 is 0 Å². The monoisotopic (exact) mass is 358 g/mol. The molecular weight excluding hydrogens is 320 g/mol. The molecule has 2 heteroatoms. The van der Waals surface area contributed by atoms with Gasteiger partial charge < -0.3 is 10.2 Å². The van der Waals surface area contributed by atoms with Crippen LogP contribution < -0.4 is 0 Å². The average Bonchev–Trinajstić information content (AvgIpc) is 2.83. The predicted octanol–water partition coefficient (Wildman–Crippen LogP) is 5.09. The summed E-state index contributed by atoms with van der Waals surface area (Å²) in [7, 11) is 0. The maximum absolute atomic E-state index is 11.7. The molecule has 2 N–H and O–H groups in total. The number of fused-ring (bicyclic) bond motifs is 7. The van der Waals surface area contributed by atoms with Crippen LogP contribution in [0.2, 0.25) is 0 Å². The number of hydrogen-bond donors (Lipinski definition) is 2. The van der Waals surface area contributed by atoms with Gasteiger partial charge in [0.15, 0.2) is 0 Å². The highest BCUT2D eigenvalue weighted by molar-refractivity contribution is 5.26. The molecule has 0 amide bonds. The Labute approximate surface area is 159 Å². The van der Waals surface area contributed by atoms with Crippen LogP contribution in [0.3, 0.4) is 0 Å². The zero-order valence-electron chi connectivity index (χ0n) is 17.0. The van der Waals surface area contributed by atoms with Crippen LogP contribution in [0, 0.1) is 40.4 Å². The van der Waals surface area contributed by atoms with Crippen LogP contribution in [0.5, 0.6) is 0 Å². The van der Waals surface area contributed by atoms with Crippen molar-refractivity contribution in [3.8, 4) is 0 Å². The van der Waals surface area contributed by atoms with E-state index in [0.717, 1.165) is 43.9 Å². The van der Waals surface area contributed by atoms with E-state index in [9.17, 15) is 10.2 Å². The first-order valence-corrected chi connectivity index (χ1v) is 11.4. The van der Waals surface area contributed by atoms with Crippen molar-refractivity contribution in [1.82, 2.24) is 0 Å². The van der Waals surface area contributed by atoms with Crippen LogP contribution in [0.1, 0.15) is 85.0 Å². The summed E-state index contributed by atoms with van der Waals surface area (Å²) in [5, 5.41) is 21.8. The van der Waals surface area contributed by atoms with Crippen molar-refractivity contribution in [1.29, 1.82) is 0 Å². The first-order chi connectivity index (χ1) is 12.3. The highest BCUT2D eigenvalue weighted by Crippen LogP contribution is 2.70. The fourth-order valence-corrected chi connectivity index (χ4v) is 9.22. The summed E-state index contributed by atoms with van der Waals surface area (Å²) in [6.45, 7) is 7.46. The quantitative estimate of drug-likeness (QED) is 0.592. The molecule has 5 aliphatic carbocycles. The van der Waals surface area contributed by atoms with E-state index >= 15 is 0 Å². The molecule has 146 valence electrons. The lowest BCUT2D eigenvalue weighted by atomic mass is 9.46. The highest BCUT2D eigenvalue weighted by atomic mass is 16.3. The van der Waals surface area contributed by atoms with Crippen LogP contribution >= 0.6 is 0 Å². The molecule has 0 heterocycles. The molecule has 0 spiro atoms. The van der Waals surface area contributed by atoms with Crippen LogP contribution in [-0.2, 0) is 0 Å². The van der Waals surface area contributed by atoms with E-state index in [1.807, 2.05) is 0 Å². The van der Waals surface area contributed by atoms with Crippen molar-refractivity contribution < 1.29 is 10.2 Å². The minimum atomic E-state index is -0.389.